The van der Waals surface area contributed by atoms with E-state index in [2.05, 4.69) is 5.32 Å². The Balaban J connectivity index is 2.10. The van der Waals surface area contributed by atoms with Gasteiger partial charge < -0.3 is 19.3 Å². The van der Waals surface area contributed by atoms with Crippen LogP contribution in [0.4, 0.5) is 0 Å². The lowest BCUT2D eigenvalue weighted by Gasteiger charge is -2.13. The van der Waals surface area contributed by atoms with Crippen LogP contribution in [-0.2, 0) is 0 Å². The van der Waals surface area contributed by atoms with Crippen molar-refractivity contribution >= 4 is 5.91 Å². The molecule has 0 spiro atoms. The fourth-order valence-electron chi connectivity index (χ4n) is 1.55. The first-order valence-electron chi connectivity index (χ1n) is 5.21. The monoisotopic (exact) mass is 235 g/mol. The lowest BCUT2D eigenvalue weighted by molar-refractivity contribution is 0.0906. The number of aliphatic hydroxyl groups excluding tert-OH is 1. The standard InChI is InChI=1S/C12H13NO4/c1-8-9(4-6-16-8)12(15)13-10(7-14)11-3-2-5-17-11/h2-6,10,14H,7H2,1H3,(H,13,15). The number of carbonyl (C=O) groups excluding carboxylic acids is 1. The van der Waals surface area contributed by atoms with Gasteiger partial charge in [0.1, 0.15) is 17.6 Å². The van der Waals surface area contributed by atoms with Gasteiger partial charge in [-0.2, -0.15) is 0 Å². The van der Waals surface area contributed by atoms with Gasteiger partial charge in [-0.3, -0.25) is 4.79 Å². The van der Waals surface area contributed by atoms with Crippen LogP contribution in [0.25, 0.3) is 0 Å². The molecule has 1 amide bonds. The molecule has 1 atom stereocenters. The van der Waals surface area contributed by atoms with E-state index in [1.54, 1.807) is 25.1 Å². The lowest BCUT2D eigenvalue weighted by Crippen LogP contribution is -2.30. The van der Waals surface area contributed by atoms with Crippen molar-refractivity contribution in [3.63, 3.8) is 0 Å². The second-order valence-corrected chi connectivity index (χ2v) is 3.61. The molecule has 0 saturated heterocycles. The molecule has 0 aliphatic carbocycles. The summed E-state index contributed by atoms with van der Waals surface area (Å²) in [5.41, 5.74) is 0.454. The van der Waals surface area contributed by atoms with E-state index in [4.69, 9.17) is 8.83 Å². The lowest BCUT2D eigenvalue weighted by atomic mass is 10.2. The Morgan fingerprint density at radius 1 is 1.41 bits per heavy atom. The summed E-state index contributed by atoms with van der Waals surface area (Å²) in [6.45, 7) is 1.48. The zero-order valence-corrected chi connectivity index (χ0v) is 9.34. The molecule has 0 aliphatic rings. The summed E-state index contributed by atoms with van der Waals surface area (Å²) >= 11 is 0. The summed E-state index contributed by atoms with van der Waals surface area (Å²) in [6.07, 6.45) is 2.94. The van der Waals surface area contributed by atoms with E-state index in [1.165, 1.54) is 12.5 Å². The highest BCUT2D eigenvalue weighted by atomic mass is 16.3. The van der Waals surface area contributed by atoms with E-state index < -0.39 is 6.04 Å². The van der Waals surface area contributed by atoms with Gasteiger partial charge in [0.15, 0.2) is 0 Å². The SMILES string of the molecule is Cc1occc1C(=O)NC(CO)c1ccco1. The molecule has 2 aromatic rings. The van der Waals surface area contributed by atoms with Gasteiger partial charge in [0.25, 0.3) is 5.91 Å². The molecule has 0 fully saturated rings. The summed E-state index contributed by atoms with van der Waals surface area (Å²) in [6, 6.07) is 4.43. The van der Waals surface area contributed by atoms with Crippen LogP contribution in [0, 0.1) is 6.92 Å². The maximum atomic E-state index is 11.9. The number of hydrogen-bond acceptors (Lipinski definition) is 4. The number of amides is 1. The number of nitrogens with one attached hydrogen (secondary N) is 1. The highest BCUT2D eigenvalue weighted by Gasteiger charge is 2.19. The minimum absolute atomic E-state index is 0.226. The molecule has 17 heavy (non-hydrogen) atoms. The Hall–Kier alpha value is -2.01. The van der Waals surface area contributed by atoms with E-state index in [1.807, 2.05) is 0 Å². The molecule has 1 unspecified atom stereocenters. The minimum Gasteiger partial charge on any atom is -0.469 e. The van der Waals surface area contributed by atoms with Crippen LogP contribution >= 0.6 is 0 Å². The summed E-state index contributed by atoms with van der Waals surface area (Å²) in [4.78, 5) is 11.9. The quantitative estimate of drug-likeness (QED) is 0.844. The highest BCUT2D eigenvalue weighted by molar-refractivity contribution is 5.95. The molecule has 2 aromatic heterocycles. The molecular weight excluding hydrogens is 222 g/mol. The first-order valence-corrected chi connectivity index (χ1v) is 5.21. The summed E-state index contributed by atoms with van der Waals surface area (Å²) < 4.78 is 10.2. The zero-order chi connectivity index (χ0) is 12.3. The molecule has 90 valence electrons. The van der Waals surface area contributed by atoms with Crippen molar-refractivity contribution in [2.75, 3.05) is 6.61 Å². The normalized spacial score (nSPS) is 12.4. The number of hydrogen-bond donors (Lipinski definition) is 2. The molecule has 0 radical (unpaired) electrons. The van der Waals surface area contributed by atoms with Gasteiger partial charge in [-0.25, -0.2) is 0 Å². The van der Waals surface area contributed by atoms with Crippen molar-refractivity contribution < 1.29 is 18.7 Å². The van der Waals surface area contributed by atoms with Gasteiger partial charge in [0, 0.05) is 0 Å². The number of aryl methyl sites for hydroxylation is 1. The smallest absolute Gasteiger partial charge is 0.255 e. The third-order valence-corrected chi connectivity index (χ3v) is 2.48. The minimum atomic E-state index is -0.549. The number of furan rings is 2. The predicted octanol–water partition coefficient (Wildman–Crippen LogP) is 1.64. The molecule has 0 bridgehead atoms. The van der Waals surface area contributed by atoms with Crippen LogP contribution in [-0.4, -0.2) is 17.6 Å². The third-order valence-electron chi connectivity index (χ3n) is 2.48. The zero-order valence-electron chi connectivity index (χ0n) is 9.34. The van der Waals surface area contributed by atoms with Crippen molar-refractivity contribution in [2.24, 2.45) is 0 Å². The maximum absolute atomic E-state index is 11.9. The maximum Gasteiger partial charge on any atom is 0.255 e. The number of aliphatic hydroxyl groups is 1. The first kappa shape index (κ1) is 11.5. The van der Waals surface area contributed by atoms with Crippen molar-refractivity contribution in [1.82, 2.24) is 5.32 Å². The van der Waals surface area contributed by atoms with Crippen molar-refractivity contribution in [2.45, 2.75) is 13.0 Å². The van der Waals surface area contributed by atoms with E-state index >= 15 is 0 Å². The van der Waals surface area contributed by atoms with Crippen molar-refractivity contribution in [3.8, 4) is 0 Å². The number of carbonyl (C=O) groups is 1. The molecular formula is C12H13NO4. The Morgan fingerprint density at radius 2 is 2.24 bits per heavy atom. The van der Waals surface area contributed by atoms with Crippen molar-refractivity contribution in [3.05, 3.63) is 47.8 Å². The molecule has 0 aromatic carbocycles. The van der Waals surface area contributed by atoms with Gasteiger partial charge >= 0.3 is 0 Å². The van der Waals surface area contributed by atoms with Crippen LogP contribution in [0.15, 0.2) is 39.6 Å². The fourth-order valence-corrected chi connectivity index (χ4v) is 1.55. The number of rotatable bonds is 4. The average molecular weight is 235 g/mol. The molecule has 0 saturated carbocycles. The third kappa shape index (κ3) is 2.39. The van der Waals surface area contributed by atoms with Crippen LogP contribution in [0.1, 0.15) is 27.9 Å². The Labute approximate surface area is 98.0 Å². The topological polar surface area (TPSA) is 75.6 Å². The summed E-state index contributed by atoms with van der Waals surface area (Å²) in [5, 5.41) is 11.9. The van der Waals surface area contributed by atoms with Gasteiger partial charge in [0.05, 0.1) is 24.7 Å². The van der Waals surface area contributed by atoms with E-state index in [0.29, 0.717) is 17.1 Å². The summed E-state index contributed by atoms with van der Waals surface area (Å²) in [5.74, 6) is 0.757. The highest BCUT2D eigenvalue weighted by Crippen LogP contribution is 2.15. The Bertz CT molecular complexity index is 486. The second-order valence-electron chi connectivity index (χ2n) is 3.61. The first-order chi connectivity index (χ1) is 8.22. The van der Waals surface area contributed by atoms with E-state index in [9.17, 15) is 9.90 Å². The Kier molecular flexibility index (Phi) is 3.30. The van der Waals surface area contributed by atoms with Gasteiger partial charge in [-0.15, -0.1) is 0 Å². The van der Waals surface area contributed by atoms with Gasteiger partial charge in [0.2, 0.25) is 0 Å². The molecule has 2 N–H and O–H groups in total. The van der Waals surface area contributed by atoms with Crippen molar-refractivity contribution in [1.29, 1.82) is 0 Å². The molecule has 2 rings (SSSR count). The fraction of sp³-hybridized carbons (Fsp3) is 0.250. The van der Waals surface area contributed by atoms with E-state index in [-0.39, 0.29) is 12.5 Å². The van der Waals surface area contributed by atoms with Crippen LogP contribution in [0.3, 0.4) is 0 Å². The molecule has 5 nitrogen and oxygen atoms in total. The predicted molar refractivity (Wildman–Crippen MR) is 59.4 cm³/mol. The molecule has 5 heteroatoms. The molecule has 0 aliphatic heterocycles. The second kappa shape index (κ2) is 4.88. The molecule has 2 heterocycles. The summed E-state index contributed by atoms with van der Waals surface area (Å²) in [7, 11) is 0. The van der Waals surface area contributed by atoms with Gasteiger partial charge in [-0.05, 0) is 25.1 Å². The van der Waals surface area contributed by atoms with Crippen LogP contribution < -0.4 is 5.32 Å². The average Bonchev–Trinajstić information content (AvgIpc) is 2.96. The van der Waals surface area contributed by atoms with Crippen LogP contribution in [0.5, 0.6) is 0 Å². The van der Waals surface area contributed by atoms with Gasteiger partial charge in [-0.1, -0.05) is 0 Å². The van der Waals surface area contributed by atoms with E-state index in [0.717, 1.165) is 0 Å². The largest absolute Gasteiger partial charge is 0.469 e. The van der Waals surface area contributed by atoms with Crippen LogP contribution in [0.2, 0.25) is 0 Å². The Morgan fingerprint density at radius 3 is 2.76 bits per heavy atom.